The summed E-state index contributed by atoms with van der Waals surface area (Å²) in [5.41, 5.74) is 3.71. The van der Waals surface area contributed by atoms with E-state index in [2.05, 4.69) is 31.1 Å². The number of carbonyl (C=O) groups is 2. The normalized spacial score (nSPS) is 10.5. The summed E-state index contributed by atoms with van der Waals surface area (Å²) in [6, 6.07) is 10.4. The van der Waals surface area contributed by atoms with Gasteiger partial charge in [0.15, 0.2) is 5.65 Å². The summed E-state index contributed by atoms with van der Waals surface area (Å²) in [4.78, 5) is 39.2. The van der Waals surface area contributed by atoms with Crippen LogP contribution in [0.5, 0.6) is 5.75 Å². The number of pyridine rings is 1. The molecule has 3 heterocycles. The summed E-state index contributed by atoms with van der Waals surface area (Å²) in [7, 11) is 4.36. The molecule has 11 heteroatoms. The van der Waals surface area contributed by atoms with Gasteiger partial charge in [-0.25, -0.2) is 19.7 Å². The third kappa shape index (κ3) is 4.45. The zero-order chi connectivity index (χ0) is 25.1. The SMILES string of the molecule is COC(=O)Nc1ccc(-c2cnc3c(C)nc(C(=O)N(C)c4ccc(C#N)c(OC)c4)cn23)cn1. The average molecular weight is 471 g/mol. The fraction of sp³-hybridized carbons (Fsp3) is 0.167. The van der Waals surface area contributed by atoms with E-state index in [1.54, 1.807) is 67.3 Å². The Hall–Kier alpha value is -4.98. The lowest BCUT2D eigenvalue weighted by molar-refractivity contribution is 0.0987. The van der Waals surface area contributed by atoms with Crippen molar-refractivity contribution in [2.24, 2.45) is 0 Å². The summed E-state index contributed by atoms with van der Waals surface area (Å²) in [5, 5.41) is 11.7. The minimum atomic E-state index is -0.617. The van der Waals surface area contributed by atoms with Gasteiger partial charge >= 0.3 is 6.09 Å². The molecule has 0 aliphatic carbocycles. The van der Waals surface area contributed by atoms with E-state index in [4.69, 9.17) is 4.74 Å². The molecular weight excluding hydrogens is 450 g/mol. The van der Waals surface area contributed by atoms with Crippen molar-refractivity contribution in [3.8, 4) is 23.1 Å². The molecule has 1 N–H and O–H groups in total. The molecule has 1 aromatic carbocycles. The van der Waals surface area contributed by atoms with Crippen LogP contribution >= 0.6 is 0 Å². The second-order valence-corrected chi connectivity index (χ2v) is 7.46. The Morgan fingerprint density at radius 3 is 2.60 bits per heavy atom. The number of nitrogens with zero attached hydrogens (tertiary/aromatic N) is 6. The summed E-state index contributed by atoms with van der Waals surface area (Å²) in [5.74, 6) is 0.360. The largest absolute Gasteiger partial charge is 0.495 e. The van der Waals surface area contributed by atoms with E-state index in [9.17, 15) is 14.9 Å². The Balaban J connectivity index is 1.69. The Bertz CT molecular complexity index is 1470. The van der Waals surface area contributed by atoms with E-state index in [1.807, 2.05) is 0 Å². The maximum atomic E-state index is 13.3. The van der Waals surface area contributed by atoms with Crippen LogP contribution in [0.15, 0.2) is 48.9 Å². The quantitative estimate of drug-likeness (QED) is 0.468. The standard InChI is InChI=1S/C24H21N7O4/c1-14-22-27-12-19(16-6-8-21(26-11-16)29-24(33)35-4)31(22)13-18(28-14)23(32)30(2)17-7-5-15(10-25)20(9-17)34-3/h5-9,11-13H,1-4H3,(H,26,29,33). The molecule has 0 atom stereocenters. The number of nitriles is 1. The van der Waals surface area contributed by atoms with Crippen LogP contribution in [0.1, 0.15) is 21.7 Å². The minimum Gasteiger partial charge on any atom is -0.495 e. The van der Waals surface area contributed by atoms with E-state index in [0.29, 0.717) is 39.9 Å². The van der Waals surface area contributed by atoms with Crippen LogP contribution in [0.2, 0.25) is 0 Å². The number of aromatic nitrogens is 4. The van der Waals surface area contributed by atoms with E-state index in [0.717, 1.165) is 5.56 Å². The van der Waals surface area contributed by atoms with Crippen molar-refractivity contribution in [1.29, 1.82) is 5.26 Å². The second kappa shape index (κ2) is 9.48. The van der Waals surface area contributed by atoms with Gasteiger partial charge in [-0.3, -0.25) is 14.5 Å². The highest BCUT2D eigenvalue weighted by Gasteiger charge is 2.20. The average Bonchev–Trinajstić information content (AvgIpc) is 3.32. The molecule has 35 heavy (non-hydrogen) atoms. The van der Waals surface area contributed by atoms with Crippen molar-refractivity contribution in [2.45, 2.75) is 6.92 Å². The van der Waals surface area contributed by atoms with Gasteiger partial charge in [0.05, 0.1) is 37.4 Å². The monoisotopic (exact) mass is 471 g/mol. The van der Waals surface area contributed by atoms with E-state index < -0.39 is 6.09 Å². The number of carbonyl (C=O) groups excluding carboxylic acids is 2. The first kappa shape index (κ1) is 23.2. The van der Waals surface area contributed by atoms with Crippen LogP contribution < -0.4 is 15.0 Å². The number of hydrogen-bond donors (Lipinski definition) is 1. The van der Waals surface area contributed by atoms with Crippen LogP contribution in [-0.4, -0.2) is 52.6 Å². The van der Waals surface area contributed by atoms with Crippen molar-refractivity contribution < 1.29 is 19.1 Å². The molecule has 0 aliphatic rings. The molecule has 0 unspecified atom stereocenters. The predicted octanol–water partition coefficient (Wildman–Crippen LogP) is 3.43. The Morgan fingerprint density at radius 1 is 1.14 bits per heavy atom. The van der Waals surface area contributed by atoms with Gasteiger partial charge in [0.1, 0.15) is 23.3 Å². The third-order valence-electron chi connectivity index (χ3n) is 5.35. The molecule has 3 aromatic heterocycles. The van der Waals surface area contributed by atoms with Crippen LogP contribution in [0, 0.1) is 18.3 Å². The second-order valence-electron chi connectivity index (χ2n) is 7.46. The first-order valence-electron chi connectivity index (χ1n) is 10.4. The predicted molar refractivity (Wildman–Crippen MR) is 127 cm³/mol. The van der Waals surface area contributed by atoms with Crippen molar-refractivity contribution >= 4 is 29.2 Å². The fourth-order valence-corrected chi connectivity index (χ4v) is 3.50. The van der Waals surface area contributed by atoms with Gasteiger partial charge in [-0.1, -0.05) is 0 Å². The molecule has 0 aliphatic heterocycles. The number of methoxy groups -OCH3 is 2. The molecule has 0 spiro atoms. The number of benzene rings is 1. The van der Waals surface area contributed by atoms with Gasteiger partial charge in [0, 0.05) is 36.8 Å². The van der Waals surface area contributed by atoms with E-state index in [1.165, 1.54) is 19.1 Å². The Kier molecular flexibility index (Phi) is 6.28. The number of hydrogen-bond acceptors (Lipinski definition) is 8. The zero-order valence-corrected chi connectivity index (χ0v) is 19.4. The molecule has 0 radical (unpaired) electrons. The van der Waals surface area contributed by atoms with Crippen LogP contribution in [0.4, 0.5) is 16.3 Å². The van der Waals surface area contributed by atoms with Crippen LogP contribution in [0.3, 0.4) is 0 Å². The van der Waals surface area contributed by atoms with Gasteiger partial charge in [-0.05, 0) is 31.2 Å². The van der Waals surface area contributed by atoms with Crippen molar-refractivity contribution in [3.63, 3.8) is 0 Å². The van der Waals surface area contributed by atoms with Gasteiger partial charge in [-0.2, -0.15) is 5.26 Å². The molecule has 0 saturated carbocycles. The van der Waals surface area contributed by atoms with Crippen LogP contribution in [0.25, 0.3) is 16.9 Å². The molecule has 0 bridgehead atoms. The van der Waals surface area contributed by atoms with Crippen molar-refractivity contribution in [3.05, 3.63) is 65.9 Å². The van der Waals surface area contributed by atoms with Crippen molar-refractivity contribution in [1.82, 2.24) is 19.4 Å². The number of aryl methyl sites for hydroxylation is 1. The summed E-state index contributed by atoms with van der Waals surface area (Å²) < 4.78 is 11.6. The van der Waals surface area contributed by atoms with Crippen molar-refractivity contribution in [2.75, 3.05) is 31.5 Å². The van der Waals surface area contributed by atoms with E-state index >= 15 is 0 Å². The number of imidazole rings is 1. The molecule has 0 saturated heterocycles. The summed E-state index contributed by atoms with van der Waals surface area (Å²) in [6.45, 7) is 1.77. The number of nitrogens with one attached hydrogen (secondary N) is 1. The molecule has 0 fully saturated rings. The first-order valence-corrected chi connectivity index (χ1v) is 10.4. The zero-order valence-electron chi connectivity index (χ0n) is 19.4. The maximum Gasteiger partial charge on any atom is 0.412 e. The molecule has 176 valence electrons. The highest BCUT2D eigenvalue weighted by molar-refractivity contribution is 6.04. The molecule has 11 nitrogen and oxygen atoms in total. The minimum absolute atomic E-state index is 0.206. The van der Waals surface area contributed by atoms with Gasteiger partial charge < -0.3 is 14.4 Å². The molecule has 4 aromatic rings. The number of rotatable bonds is 5. The summed E-state index contributed by atoms with van der Waals surface area (Å²) >= 11 is 0. The molecule has 4 rings (SSSR count). The summed E-state index contributed by atoms with van der Waals surface area (Å²) in [6.07, 6.45) is 4.25. The number of amides is 2. The van der Waals surface area contributed by atoms with Gasteiger partial charge in [0.25, 0.3) is 5.91 Å². The highest BCUT2D eigenvalue weighted by Crippen LogP contribution is 2.26. The van der Waals surface area contributed by atoms with Crippen LogP contribution in [-0.2, 0) is 4.74 Å². The molecule has 2 amide bonds. The number of ether oxygens (including phenoxy) is 2. The maximum absolute atomic E-state index is 13.3. The van der Waals surface area contributed by atoms with E-state index in [-0.39, 0.29) is 11.6 Å². The Labute approximate surface area is 200 Å². The highest BCUT2D eigenvalue weighted by atomic mass is 16.5. The number of fused-ring (bicyclic) bond motifs is 1. The lowest BCUT2D eigenvalue weighted by atomic mass is 10.2. The lowest BCUT2D eigenvalue weighted by Crippen LogP contribution is -2.27. The number of anilines is 2. The smallest absolute Gasteiger partial charge is 0.412 e. The Morgan fingerprint density at radius 2 is 1.94 bits per heavy atom. The lowest BCUT2D eigenvalue weighted by Gasteiger charge is -2.18. The first-order chi connectivity index (χ1) is 16.9. The topological polar surface area (TPSA) is 135 Å². The molecular formula is C24H21N7O4. The fourth-order valence-electron chi connectivity index (χ4n) is 3.50. The third-order valence-corrected chi connectivity index (χ3v) is 5.35. The van der Waals surface area contributed by atoms with Gasteiger partial charge in [-0.15, -0.1) is 0 Å². The van der Waals surface area contributed by atoms with Gasteiger partial charge in [0.2, 0.25) is 0 Å².